The Bertz CT molecular complexity index is 499. The predicted molar refractivity (Wildman–Crippen MR) is 77.8 cm³/mol. The third-order valence-electron chi connectivity index (χ3n) is 3.05. The number of piperidine rings is 1. The van der Waals surface area contributed by atoms with E-state index in [9.17, 15) is 4.79 Å². The van der Waals surface area contributed by atoms with Gasteiger partial charge in [-0.25, -0.2) is 0 Å². The number of hydrogen-bond donors (Lipinski definition) is 0. The average molecular weight is 278 g/mol. The Hall–Kier alpha value is -1.07. The monoisotopic (exact) mass is 278 g/mol. The first-order chi connectivity index (χ1) is 8.83. The van der Waals surface area contributed by atoms with Crippen molar-refractivity contribution >= 4 is 40.2 Å². The van der Waals surface area contributed by atoms with Crippen molar-refractivity contribution in [3.8, 4) is 0 Å². The highest BCUT2D eigenvalue weighted by Crippen LogP contribution is 2.32. The van der Waals surface area contributed by atoms with Gasteiger partial charge in [0.1, 0.15) is 0 Å². The number of aliphatic imine (C=N–C) groups is 1. The maximum Gasteiger partial charge on any atom is 0.286 e. The molecule has 0 aliphatic carbocycles. The molecule has 1 fully saturated rings. The average Bonchev–Trinajstić information content (AvgIpc) is 3.02. The van der Waals surface area contributed by atoms with Crippen molar-refractivity contribution in [2.45, 2.75) is 19.3 Å². The van der Waals surface area contributed by atoms with Gasteiger partial charge in [0.2, 0.25) is 0 Å². The zero-order valence-corrected chi connectivity index (χ0v) is 11.6. The molecule has 1 amide bonds. The molecule has 94 valence electrons. The minimum absolute atomic E-state index is 0.0889. The molecule has 3 nitrogen and oxygen atoms in total. The first-order valence-electron chi connectivity index (χ1n) is 6.14. The zero-order valence-electron chi connectivity index (χ0n) is 9.96. The third-order valence-corrected chi connectivity index (χ3v) is 4.92. The van der Waals surface area contributed by atoms with Crippen LogP contribution < -0.4 is 0 Å². The molecule has 0 spiro atoms. The summed E-state index contributed by atoms with van der Waals surface area (Å²) in [4.78, 5) is 20.1. The topological polar surface area (TPSA) is 32.7 Å². The van der Waals surface area contributed by atoms with E-state index in [-0.39, 0.29) is 5.91 Å². The Morgan fingerprint density at radius 2 is 2.11 bits per heavy atom. The standard InChI is InChI=1S/C13H14N2OS2/c16-12-11(9-10-5-4-8-17-10)18-13(14-12)15-6-2-1-3-7-15/h4-5,8-9H,1-3,6-7H2/b11-9+. The molecule has 5 heteroatoms. The number of amides is 1. The van der Waals surface area contributed by atoms with Gasteiger partial charge in [-0.15, -0.1) is 11.3 Å². The number of amidine groups is 1. The van der Waals surface area contributed by atoms with Gasteiger partial charge in [0.05, 0.1) is 4.91 Å². The summed E-state index contributed by atoms with van der Waals surface area (Å²) in [5.74, 6) is -0.0889. The van der Waals surface area contributed by atoms with E-state index in [4.69, 9.17) is 0 Å². The van der Waals surface area contributed by atoms with E-state index < -0.39 is 0 Å². The van der Waals surface area contributed by atoms with Crippen LogP contribution in [0.1, 0.15) is 24.1 Å². The van der Waals surface area contributed by atoms with Crippen LogP contribution in [0.4, 0.5) is 0 Å². The fraction of sp³-hybridized carbons (Fsp3) is 0.385. The van der Waals surface area contributed by atoms with Crippen LogP contribution >= 0.6 is 23.1 Å². The molecule has 0 unspecified atom stereocenters. The van der Waals surface area contributed by atoms with Gasteiger partial charge >= 0.3 is 0 Å². The van der Waals surface area contributed by atoms with Crippen molar-refractivity contribution in [2.75, 3.05) is 13.1 Å². The summed E-state index contributed by atoms with van der Waals surface area (Å²) in [5.41, 5.74) is 0. The van der Waals surface area contributed by atoms with E-state index in [1.165, 1.54) is 31.0 Å². The summed E-state index contributed by atoms with van der Waals surface area (Å²) >= 11 is 3.16. The molecule has 18 heavy (non-hydrogen) atoms. The van der Waals surface area contributed by atoms with Crippen molar-refractivity contribution in [3.05, 3.63) is 27.3 Å². The van der Waals surface area contributed by atoms with Crippen molar-refractivity contribution < 1.29 is 4.79 Å². The number of likely N-dealkylation sites (tertiary alicyclic amines) is 1. The lowest BCUT2D eigenvalue weighted by Gasteiger charge is -2.27. The molecule has 3 rings (SSSR count). The minimum atomic E-state index is -0.0889. The summed E-state index contributed by atoms with van der Waals surface area (Å²) in [6, 6.07) is 4.01. The highest BCUT2D eigenvalue weighted by molar-refractivity contribution is 8.18. The van der Waals surface area contributed by atoms with Gasteiger partial charge in [0.15, 0.2) is 5.17 Å². The maximum absolute atomic E-state index is 11.9. The Balaban J connectivity index is 1.74. The molecule has 0 saturated carbocycles. The molecule has 0 aromatic carbocycles. The van der Waals surface area contributed by atoms with Gasteiger partial charge in [0, 0.05) is 18.0 Å². The predicted octanol–water partition coefficient (Wildman–Crippen LogP) is 3.20. The van der Waals surface area contributed by atoms with Crippen molar-refractivity contribution in [2.24, 2.45) is 4.99 Å². The van der Waals surface area contributed by atoms with Crippen LogP contribution in [0.25, 0.3) is 6.08 Å². The molecule has 1 aromatic heterocycles. The van der Waals surface area contributed by atoms with Crippen LogP contribution in [-0.2, 0) is 4.79 Å². The molecule has 2 aliphatic rings. The summed E-state index contributed by atoms with van der Waals surface area (Å²) in [7, 11) is 0. The number of rotatable bonds is 1. The van der Waals surface area contributed by atoms with Crippen molar-refractivity contribution in [3.63, 3.8) is 0 Å². The Morgan fingerprint density at radius 3 is 2.83 bits per heavy atom. The molecule has 0 atom stereocenters. The minimum Gasteiger partial charge on any atom is -0.351 e. The second-order valence-corrected chi connectivity index (χ2v) is 6.36. The molecule has 1 aromatic rings. The number of nitrogens with zero attached hydrogens (tertiary/aromatic N) is 2. The Morgan fingerprint density at radius 1 is 1.28 bits per heavy atom. The second kappa shape index (κ2) is 5.28. The van der Waals surface area contributed by atoms with Crippen molar-refractivity contribution in [1.82, 2.24) is 4.90 Å². The fourth-order valence-corrected chi connectivity index (χ4v) is 3.81. The van der Waals surface area contributed by atoms with E-state index in [0.29, 0.717) is 0 Å². The molecule has 3 heterocycles. The van der Waals surface area contributed by atoms with Gasteiger partial charge in [-0.3, -0.25) is 4.79 Å². The number of thiophene rings is 1. The molecular weight excluding hydrogens is 264 g/mol. The summed E-state index contributed by atoms with van der Waals surface area (Å²) in [6.45, 7) is 2.07. The zero-order chi connectivity index (χ0) is 12.4. The van der Waals surface area contributed by atoms with Gasteiger partial charge in [-0.1, -0.05) is 6.07 Å². The fourth-order valence-electron chi connectivity index (χ4n) is 2.12. The quantitative estimate of drug-likeness (QED) is 0.740. The number of hydrogen-bond acceptors (Lipinski definition) is 4. The van der Waals surface area contributed by atoms with E-state index in [2.05, 4.69) is 9.89 Å². The van der Waals surface area contributed by atoms with Crippen molar-refractivity contribution in [1.29, 1.82) is 0 Å². The summed E-state index contributed by atoms with van der Waals surface area (Å²) in [6.07, 6.45) is 5.65. The first-order valence-corrected chi connectivity index (χ1v) is 7.83. The number of carbonyl (C=O) groups excluding carboxylic acids is 1. The maximum atomic E-state index is 11.9. The Kier molecular flexibility index (Phi) is 3.52. The molecule has 0 bridgehead atoms. The van der Waals surface area contributed by atoms with Gasteiger partial charge in [-0.2, -0.15) is 4.99 Å². The van der Waals surface area contributed by atoms with Crippen LogP contribution in [0.15, 0.2) is 27.4 Å². The highest BCUT2D eigenvalue weighted by Gasteiger charge is 2.26. The third kappa shape index (κ3) is 2.52. The lowest BCUT2D eigenvalue weighted by atomic mass is 10.1. The lowest BCUT2D eigenvalue weighted by molar-refractivity contribution is -0.113. The van der Waals surface area contributed by atoms with Crippen LogP contribution in [0.3, 0.4) is 0 Å². The van der Waals surface area contributed by atoms with Crippen LogP contribution in [0.5, 0.6) is 0 Å². The van der Waals surface area contributed by atoms with Crippen LogP contribution in [0, 0.1) is 0 Å². The van der Waals surface area contributed by atoms with Crippen LogP contribution in [-0.4, -0.2) is 29.1 Å². The highest BCUT2D eigenvalue weighted by atomic mass is 32.2. The molecule has 0 N–H and O–H groups in total. The number of carbonyl (C=O) groups is 1. The van der Waals surface area contributed by atoms with E-state index >= 15 is 0 Å². The molecular formula is C13H14N2OS2. The lowest BCUT2D eigenvalue weighted by Crippen LogP contribution is -2.33. The number of thioether (sulfide) groups is 1. The van der Waals surface area contributed by atoms with Gasteiger partial charge < -0.3 is 4.90 Å². The molecule has 2 aliphatic heterocycles. The smallest absolute Gasteiger partial charge is 0.286 e. The SMILES string of the molecule is O=C1N=C(N2CCCCC2)S/C1=C/c1cccs1. The first kappa shape index (κ1) is 12.0. The van der Waals surface area contributed by atoms with Gasteiger partial charge in [-0.05, 0) is 48.5 Å². The Labute approximate surface area is 115 Å². The largest absolute Gasteiger partial charge is 0.351 e. The van der Waals surface area contributed by atoms with E-state index in [1.807, 2.05) is 23.6 Å². The normalized spacial score (nSPS) is 22.7. The van der Waals surface area contributed by atoms with E-state index in [1.54, 1.807) is 11.3 Å². The van der Waals surface area contributed by atoms with Gasteiger partial charge in [0.25, 0.3) is 5.91 Å². The summed E-state index contributed by atoms with van der Waals surface area (Å²) < 4.78 is 0. The molecule has 1 saturated heterocycles. The van der Waals surface area contributed by atoms with E-state index in [0.717, 1.165) is 28.0 Å². The summed E-state index contributed by atoms with van der Waals surface area (Å²) in [5, 5.41) is 2.91. The second-order valence-electron chi connectivity index (χ2n) is 4.37. The molecule has 0 radical (unpaired) electrons. The van der Waals surface area contributed by atoms with Crippen LogP contribution in [0.2, 0.25) is 0 Å².